The molecular formula is C14H22N6O. The van der Waals surface area contributed by atoms with Gasteiger partial charge >= 0.3 is 0 Å². The lowest BCUT2D eigenvalue weighted by atomic mass is 9.95. The van der Waals surface area contributed by atoms with Gasteiger partial charge in [-0.2, -0.15) is 4.98 Å². The van der Waals surface area contributed by atoms with Gasteiger partial charge in [-0.15, -0.1) is 0 Å². The Bertz CT molecular complexity index is 629. The van der Waals surface area contributed by atoms with Crippen LogP contribution in [-0.2, 0) is 12.0 Å². The van der Waals surface area contributed by atoms with Crippen molar-refractivity contribution in [1.82, 2.24) is 20.1 Å². The Hall–Kier alpha value is -2.18. The molecule has 0 fully saturated rings. The van der Waals surface area contributed by atoms with Gasteiger partial charge in [-0.3, -0.25) is 0 Å². The Kier molecular flexibility index (Phi) is 4.11. The number of anilines is 2. The van der Waals surface area contributed by atoms with Gasteiger partial charge in [0.1, 0.15) is 17.5 Å². The van der Waals surface area contributed by atoms with E-state index in [-0.39, 0.29) is 5.41 Å². The summed E-state index contributed by atoms with van der Waals surface area (Å²) < 4.78 is 4.96. The first-order valence-electron chi connectivity index (χ1n) is 6.91. The molecule has 0 aliphatic heterocycles. The predicted molar refractivity (Wildman–Crippen MR) is 81.4 cm³/mol. The highest BCUT2D eigenvalue weighted by Crippen LogP contribution is 2.26. The Morgan fingerprint density at radius 2 is 1.71 bits per heavy atom. The van der Waals surface area contributed by atoms with Crippen molar-refractivity contribution in [2.75, 3.05) is 17.7 Å². The van der Waals surface area contributed by atoms with Crippen LogP contribution in [0.25, 0.3) is 0 Å². The topological polar surface area (TPSA) is 88.8 Å². The first-order chi connectivity index (χ1) is 9.81. The minimum atomic E-state index is -0.127. The van der Waals surface area contributed by atoms with Crippen LogP contribution >= 0.6 is 0 Å². The SMILES string of the molecule is CNc1nc(C(C)(C)C)nc(NCc2noc(C)n2)c1C. The van der Waals surface area contributed by atoms with Crippen LogP contribution in [0.3, 0.4) is 0 Å². The molecule has 0 unspecified atom stereocenters. The second kappa shape index (κ2) is 5.67. The molecule has 2 heterocycles. The van der Waals surface area contributed by atoms with E-state index in [9.17, 15) is 0 Å². The molecule has 2 aromatic heterocycles. The van der Waals surface area contributed by atoms with Crippen LogP contribution in [0.15, 0.2) is 4.52 Å². The number of nitrogens with zero attached hydrogens (tertiary/aromatic N) is 4. The summed E-state index contributed by atoms with van der Waals surface area (Å²) in [5.41, 5.74) is 0.837. The van der Waals surface area contributed by atoms with Crippen molar-refractivity contribution in [3.8, 4) is 0 Å². The third-order valence-electron chi connectivity index (χ3n) is 3.04. The van der Waals surface area contributed by atoms with Gasteiger partial charge in [0.25, 0.3) is 0 Å². The Morgan fingerprint density at radius 1 is 1.05 bits per heavy atom. The Balaban J connectivity index is 2.28. The molecule has 2 N–H and O–H groups in total. The number of rotatable bonds is 4. The molecule has 2 rings (SSSR count). The van der Waals surface area contributed by atoms with Gasteiger partial charge in [0.2, 0.25) is 5.89 Å². The lowest BCUT2D eigenvalue weighted by Crippen LogP contribution is -2.19. The van der Waals surface area contributed by atoms with E-state index >= 15 is 0 Å². The van der Waals surface area contributed by atoms with Crippen LogP contribution < -0.4 is 10.6 Å². The lowest BCUT2D eigenvalue weighted by Gasteiger charge is -2.20. The van der Waals surface area contributed by atoms with E-state index in [4.69, 9.17) is 4.52 Å². The van der Waals surface area contributed by atoms with E-state index in [0.717, 1.165) is 23.0 Å². The fourth-order valence-electron chi connectivity index (χ4n) is 1.84. The molecule has 0 aliphatic rings. The maximum atomic E-state index is 4.96. The van der Waals surface area contributed by atoms with E-state index in [1.54, 1.807) is 6.92 Å². The van der Waals surface area contributed by atoms with Crippen molar-refractivity contribution in [2.24, 2.45) is 0 Å². The van der Waals surface area contributed by atoms with Gasteiger partial charge in [0.05, 0.1) is 6.54 Å². The first-order valence-corrected chi connectivity index (χ1v) is 6.91. The summed E-state index contributed by atoms with van der Waals surface area (Å²) >= 11 is 0. The zero-order chi connectivity index (χ0) is 15.6. The van der Waals surface area contributed by atoms with Gasteiger partial charge in [-0.25, -0.2) is 9.97 Å². The van der Waals surface area contributed by atoms with E-state index in [1.165, 1.54) is 0 Å². The minimum Gasteiger partial charge on any atom is -0.373 e. The summed E-state index contributed by atoms with van der Waals surface area (Å²) in [6, 6.07) is 0. The van der Waals surface area contributed by atoms with Crippen LogP contribution in [0.4, 0.5) is 11.6 Å². The fraction of sp³-hybridized carbons (Fsp3) is 0.571. The molecule has 0 saturated carbocycles. The zero-order valence-electron chi connectivity index (χ0n) is 13.4. The second-order valence-electron chi connectivity index (χ2n) is 5.95. The van der Waals surface area contributed by atoms with Gasteiger partial charge < -0.3 is 15.2 Å². The second-order valence-corrected chi connectivity index (χ2v) is 5.95. The quantitative estimate of drug-likeness (QED) is 0.893. The number of hydrogen-bond acceptors (Lipinski definition) is 7. The smallest absolute Gasteiger partial charge is 0.223 e. The predicted octanol–water partition coefficient (Wildman–Crippen LogP) is 2.43. The van der Waals surface area contributed by atoms with Crippen molar-refractivity contribution in [3.05, 3.63) is 23.1 Å². The number of aromatic nitrogens is 4. The molecular weight excluding hydrogens is 268 g/mol. The van der Waals surface area contributed by atoms with Crippen molar-refractivity contribution >= 4 is 11.6 Å². The highest BCUT2D eigenvalue weighted by atomic mass is 16.5. The normalized spacial score (nSPS) is 11.5. The molecule has 2 aromatic rings. The minimum absolute atomic E-state index is 0.127. The van der Waals surface area contributed by atoms with Gasteiger partial charge in [0, 0.05) is 24.9 Å². The molecule has 0 saturated heterocycles. The average molecular weight is 290 g/mol. The molecule has 0 bridgehead atoms. The molecule has 7 heteroatoms. The average Bonchev–Trinajstić information content (AvgIpc) is 2.82. The molecule has 0 aromatic carbocycles. The highest BCUT2D eigenvalue weighted by molar-refractivity contribution is 5.57. The van der Waals surface area contributed by atoms with E-state index in [0.29, 0.717) is 18.3 Å². The Labute approximate surface area is 124 Å². The molecule has 0 amide bonds. The molecule has 0 spiro atoms. The van der Waals surface area contributed by atoms with Crippen LogP contribution in [-0.4, -0.2) is 27.2 Å². The van der Waals surface area contributed by atoms with E-state index < -0.39 is 0 Å². The van der Waals surface area contributed by atoms with E-state index in [1.807, 2.05) is 14.0 Å². The largest absolute Gasteiger partial charge is 0.373 e. The van der Waals surface area contributed by atoms with Gasteiger partial charge in [-0.1, -0.05) is 25.9 Å². The summed E-state index contributed by atoms with van der Waals surface area (Å²) in [7, 11) is 1.86. The molecule has 7 nitrogen and oxygen atoms in total. The molecule has 21 heavy (non-hydrogen) atoms. The van der Waals surface area contributed by atoms with Crippen molar-refractivity contribution < 1.29 is 4.52 Å². The van der Waals surface area contributed by atoms with Gasteiger partial charge in [-0.05, 0) is 6.92 Å². The number of aryl methyl sites for hydroxylation is 1. The third kappa shape index (κ3) is 3.48. The van der Waals surface area contributed by atoms with Crippen LogP contribution in [0.5, 0.6) is 0 Å². The number of nitrogens with one attached hydrogen (secondary N) is 2. The van der Waals surface area contributed by atoms with Crippen molar-refractivity contribution in [1.29, 1.82) is 0 Å². The summed E-state index contributed by atoms with van der Waals surface area (Å²) in [5.74, 6) is 3.54. The van der Waals surface area contributed by atoms with Crippen LogP contribution in [0.1, 0.15) is 43.9 Å². The zero-order valence-corrected chi connectivity index (χ0v) is 13.4. The fourth-order valence-corrected chi connectivity index (χ4v) is 1.84. The van der Waals surface area contributed by atoms with Crippen molar-refractivity contribution in [3.63, 3.8) is 0 Å². The monoisotopic (exact) mass is 290 g/mol. The molecule has 114 valence electrons. The molecule has 0 aliphatic carbocycles. The van der Waals surface area contributed by atoms with Gasteiger partial charge in [0.15, 0.2) is 5.82 Å². The standard InChI is InChI=1S/C14H22N6O/c1-8-11(15-6)18-13(14(3,4)5)19-12(8)16-7-10-17-9(2)21-20-10/h7H2,1-6H3,(H2,15,16,18,19). The summed E-state index contributed by atoms with van der Waals surface area (Å²) in [4.78, 5) is 13.4. The van der Waals surface area contributed by atoms with Crippen LogP contribution in [0.2, 0.25) is 0 Å². The summed E-state index contributed by atoms with van der Waals surface area (Å²) in [6.07, 6.45) is 0. The van der Waals surface area contributed by atoms with Crippen molar-refractivity contribution in [2.45, 2.75) is 46.6 Å². The summed E-state index contributed by atoms with van der Waals surface area (Å²) in [6.45, 7) is 10.5. The summed E-state index contributed by atoms with van der Waals surface area (Å²) in [5, 5.41) is 10.2. The maximum absolute atomic E-state index is 4.96. The lowest BCUT2D eigenvalue weighted by molar-refractivity contribution is 0.388. The molecule has 0 radical (unpaired) electrons. The van der Waals surface area contributed by atoms with Crippen LogP contribution in [0, 0.1) is 13.8 Å². The third-order valence-corrected chi connectivity index (χ3v) is 3.04. The van der Waals surface area contributed by atoms with E-state index in [2.05, 4.69) is 51.5 Å². The number of hydrogen-bond donors (Lipinski definition) is 2. The Morgan fingerprint density at radius 3 is 2.24 bits per heavy atom. The highest BCUT2D eigenvalue weighted by Gasteiger charge is 2.21. The molecule has 0 atom stereocenters. The maximum Gasteiger partial charge on any atom is 0.223 e. The first kappa shape index (κ1) is 15.2.